The maximum absolute atomic E-state index is 12.5. The van der Waals surface area contributed by atoms with Crippen LogP contribution < -0.4 is 10.6 Å². The number of benzene rings is 2. The zero-order chi connectivity index (χ0) is 23.3. The summed E-state index contributed by atoms with van der Waals surface area (Å²) in [6.07, 6.45) is -1.84. The number of carboxylic acids is 1. The van der Waals surface area contributed by atoms with Crippen LogP contribution in [0.4, 0.5) is 4.79 Å². The van der Waals surface area contributed by atoms with Gasteiger partial charge in [0.25, 0.3) is 0 Å². The van der Waals surface area contributed by atoms with Gasteiger partial charge in [-0.2, -0.15) is 0 Å². The van der Waals surface area contributed by atoms with Crippen LogP contribution in [0.15, 0.2) is 48.5 Å². The van der Waals surface area contributed by atoms with Crippen molar-refractivity contribution in [2.45, 2.75) is 50.8 Å². The summed E-state index contributed by atoms with van der Waals surface area (Å²) in [5, 5.41) is 23.8. The average Bonchev–Trinajstić information content (AvgIpc) is 3.08. The molecular weight excluding hydrogens is 412 g/mol. The molecule has 8 nitrogen and oxygen atoms in total. The first-order valence-electron chi connectivity index (χ1n) is 10.6. The highest BCUT2D eigenvalue weighted by Gasteiger charge is 2.31. The predicted molar refractivity (Wildman–Crippen MR) is 118 cm³/mol. The lowest BCUT2D eigenvalue weighted by Gasteiger charge is -2.23. The molecule has 0 heterocycles. The minimum Gasteiger partial charge on any atom is -0.481 e. The van der Waals surface area contributed by atoms with E-state index in [4.69, 9.17) is 9.84 Å². The van der Waals surface area contributed by atoms with Gasteiger partial charge >= 0.3 is 12.1 Å². The van der Waals surface area contributed by atoms with Crippen molar-refractivity contribution in [2.24, 2.45) is 0 Å². The third kappa shape index (κ3) is 5.26. The number of aliphatic carboxylic acids is 1. The molecule has 32 heavy (non-hydrogen) atoms. The summed E-state index contributed by atoms with van der Waals surface area (Å²) < 4.78 is 5.41. The van der Waals surface area contributed by atoms with Crippen LogP contribution in [-0.4, -0.2) is 53.0 Å². The van der Waals surface area contributed by atoms with Crippen molar-refractivity contribution in [3.8, 4) is 11.1 Å². The number of ether oxygens (including phenoxy) is 1. The Balaban J connectivity index is 1.67. The molecule has 2 aromatic carbocycles. The van der Waals surface area contributed by atoms with Crippen molar-refractivity contribution >= 4 is 18.0 Å². The number of hydrogen-bond donors (Lipinski definition) is 4. The molecule has 3 atom stereocenters. The van der Waals surface area contributed by atoms with Crippen molar-refractivity contribution in [3.63, 3.8) is 0 Å². The number of hydrogen-bond acceptors (Lipinski definition) is 5. The fourth-order valence-electron chi connectivity index (χ4n) is 4.01. The predicted octanol–water partition coefficient (Wildman–Crippen LogP) is 2.64. The number of alkyl carbamates (subject to hydrolysis) is 1. The van der Waals surface area contributed by atoms with Gasteiger partial charge in [-0.05, 0) is 35.6 Å². The molecule has 1 aliphatic rings. The van der Waals surface area contributed by atoms with E-state index in [-0.39, 0.29) is 12.5 Å². The number of aliphatic hydroxyl groups excluding tert-OH is 1. The molecule has 0 radical (unpaired) electrons. The Labute approximate surface area is 186 Å². The van der Waals surface area contributed by atoms with Crippen molar-refractivity contribution < 1.29 is 29.3 Å². The van der Waals surface area contributed by atoms with Gasteiger partial charge in [0.15, 0.2) is 0 Å². The summed E-state index contributed by atoms with van der Waals surface area (Å²) in [4.78, 5) is 36.2. The van der Waals surface area contributed by atoms with E-state index in [2.05, 4.69) is 10.6 Å². The van der Waals surface area contributed by atoms with Crippen LogP contribution in [-0.2, 0) is 14.3 Å². The maximum Gasteiger partial charge on any atom is 0.407 e. The number of carbonyl (C=O) groups excluding carboxylic acids is 2. The molecule has 0 spiro atoms. The summed E-state index contributed by atoms with van der Waals surface area (Å²) in [5.74, 6) is -2.08. The third-order valence-corrected chi connectivity index (χ3v) is 5.68. The third-order valence-electron chi connectivity index (χ3n) is 5.68. The number of carboxylic acid groups (broad SMARTS) is 1. The first kappa shape index (κ1) is 23.3. The van der Waals surface area contributed by atoms with Gasteiger partial charge in [-0.15, -0.1) is 0 Å². The fraction of sp³-hybridized carbons (Fsp3) is 0.375. The standard InChI is InChI=1S/C24H28N2O6/c1-3-20(14(2)27)25-23(30)21(12-22(28)29)26-24(31)32-13-19-17-10-6-4-8-15(17)16-9-5-7-11-18(16)19/h4-11,14,19-21,27H,3,12-13H2,1-2H3,(H,25,30)(H,26,31)(H,28,29). The lowest BCUT2D eigenvalue weighted by Crippen LogP contribution is -2.52. The van der Waals surface area contributed by atoms with Gasteiger partial charge in [0.1, 0.15) is 12.6 Å². The van der Waals surface area contributed by atoms with E-state index in [0.717, 1.165) is 22.3 Å². The number of fused-ring (bicyclic) bond motifs is 3. The van der Waals surface area contributed by atoms with E-state index in [9.17, 15) is 19.5 Å². The van der Waals surface area contributed by atoms with Crippen molar-refractivity contribution in [2.75, 3.05) is 6.61 Å². The highest BCUT2D eigenvalue weighted by Crippen LogP contribution is 2.44. The molecule has 0 aromatic heterocycles. The van der Waals surface area contributed by atoms with Crippen molar-refractivity contribution in [1.82, 2.24) is 10.6 Å². The number of aliphatic hydroxyl groups is 1. The van der Waals surface area contributed by atoms with Crippen LogP contribution in [0.2, 0.25) is 0 Å². The van der Waals surface area contributed by atoms with Crippen LogP contribution in [0.25, 0.3) is 11.1 Å². The van der Waals surface area contributed by atoms with Crippen LogP contribution >= 0.6 is 0 Å². The molecular formula is C24H28N2O6. The Morgan fingerprint density at radius 3 is 2.06 bits per heavy atom. The Morgan fingerprint density at radius 1 is 1.00 bits per heavy atom. The van der Waals surface area contributed by atoms with Gasteiger partial charge in [0, 0.05) is 5.92 Å². The lowest BCUT2D eigenvalue weighted by atomic mass is 9.98. The monoisotopic (exact) mass is 440 g/mol. The number of nitrogens with one attached hydrogen (secondary N) is 2. The van der Waals surface area contributed by atoms with E-state index in [1.165, 1.54) is 6.92 Å². The first-order chi connectivity index (χ1) is 15.3. The molecule has 0 aliphatic heterocycles. The lowest BCUT2D eigenvalue weighted by molar-refractivity contribution is -0.140. The van der Waals surface area contributed by atoms with E-state index in [1.54, 1.807) is 6.92 Å². The quantitative estimate of drug-likeness (QED) is 0.475. The largest absolute Gasteiger partial charge is 0.481 e. The number of rotatable bonds is 9. The number of amides is 2. The first-order valence-corrected chi connectivity index (χ1v) is 10.6. The Bertz CT molecular complexity index is 944. The van der Waals surface area contributed by atoms with Crippen LogP contribution in [0.5, 0.6) is 0 Å². The molecule has 2 aromatic rings. The Morgan fingerprint density at radius 2 is 1.56 bits per heavy atom. The summed E-state index contributed by atoms with van der Waals surface area (Å²) in [7, 11) is 0. The molecule has 8 heteroatoms. The van der Waals surface area contributed by atoms with Crippen LogP contribution in [0.3, 0.4) is 0 Å². The maximum atomic E-state index is 12.5. The van der Waals surface area contributed by atoms with Gasteiger partial charge in [-0.3, -0.25) is 9.59 Å². The molecule has 0 fully saturated rings. The van der Waals surface area contributed by atoms with Gasteiger partial charge in [0.2, 0.25) is 5.91 Å². The molecule has 170 valence electrons. The van der Waals surface area contributed by atoms with Crippen molar-refractivity contribution in [3.05, 3.63) is 59.7 Å². The second-order valence-electron chi connectivity index (χ2n) is 7.88. The molecule has 0 saturated heterocycles. The van der Waals surface area contributed by atoms with E-state index in [1.807, 2.05) is 48.5 Å². The molecule has 2 amide bonds. The van der Waals surface area contributed by atoms with Crippen molar-refractivity contribution in [1.29, 1.82) is 0 Å². The van der Waals surface area contributed by atoms with E-state index in [0.29, 0.717) is 6.42 Å². The molecule has 3 rings (SSSR count). The fourth-order valence-corrected chi connectivity index (χ4v) is 4.01. The topological polar surface area (TPSA) is 125 Å². The second-order valence-corrected chi connectivity index (χ2v) is 7.88. The Kier molecular flexibility index (Phi) is 7.48. The molecule has 4 N–H and O–H groups in total. The van der Waals surface area contributed by atoms with Gasteiger partial charge in [-0.1, -0.05) is 55.5 Å². The summed E-state index contributed by atoms with van der Waals surface area (Å²) in [6.45, 7) is 3.36. The van der Waals surface area contributed by atoms with Gasteiger partial charge in [0.05, 0.1) is 18.6 Å². The highest BCUT2D eigenvalue weighted by molar-refractivity contribution is 5.89. The van der Waals surface area contributed by atoms with Gasteiger partial charge in [-0.25, -0.2) is 4.79 Å². The molecule has 0 saturated carbocycles. The molecule has 1 aliphatic carbocycles. The second kappa shape index (κ2) is 10.3. The highest BCUT2D eigenvalue weighted by atomic mass is 16.5. The van der Waals surface area contributed by atoms with Crippen LogP contribution in [0, 0.1) is 0 Å². The van der Waals surface area contributed by atoms with E-state index >= 15 is 0 Å². The zero-order valence-corrected chi connectivity index (χ0v) is 18.1. The van der Waals surface area contributed by atoms with E-state index < -0.39 is 42.6 Å². The summed E-state index contributed by atoms with van der Waals surface area (Å²) in [5.41, 5.74) is 4.26. The van der Waals surface area contributed by atoms with Gasteiger partial charge < -0.3 is 25.6 Å². The minimum atomic E-state index is -1.32. The smallest absolute Gasteiger partial charge is 0.407 e. The minimum absolute atomic E-state index is 0.0481. The molecule has 3 unspecified atom stereocenters. The SMILES string of the molecule is CCC(NC(=O)C(CC(=O)O)NC(=O)OCC1c2ccccc2-c2ccccc21)C(C)O. The Hall–Kier alpha value is -3.39. The normalized spacial score (nSPS) is 15.1. The summed E-state index contributed by atoms with van der Waals surface area (Å²) in [6, 6.07) is 13.9. The van der Waals surface area contributed by atoms with Crippen LogP contribution in [0.1, 0.15) is 43.7 Å². The summed E-state index contributed by atoms with van der Waals surface area (Å²) >= 11 is 0. The number of carbonyl (C=O) groups is 3. The zero-order valence-electron chi connectivity index (χ0n) is 18.1. The average molecular weight is 440 g/mol. The molecule has 0 bridgehead atoms.